The van der Waals surface area contributed by atoms with Gasteiger partial charge in [0.15, 0.2) is 0 Å². The number of nitrogens with zero attached hydrogens (tertiary/aromatic N) is 2. The first kappa shape index (κ1) is 23.2. The standard InChI is InChI=1S/C29H39N3O2/c1-21(2)20-34-25-10-11-26-23(17-25)13-16-31-19-24-9-6-15-32(27(24)18-28(26)31)29(33)30-14-12-22-7-4-3-5-8-22/h3-5,7-8,10-11,17,21,24,27-28H,6,9,12-16,18-20H2,1-2H3,(H,30,33)/t24-,27+,28+/m1/s1. The molecule has 0 spiro atoms. The van der Waals surface area contributed by atoms with Crippen molar-refractivity contribution in [3.05, 3.63) is 65.2 Å². The summed E-state index contributed by atoms with van der Waals surface area (Å²) in [6, 6.07) is 17.9. The lowest BCUT2D eigenvalue weighted by atomic mass is 9.76. The maximum Gasteiger partial charge on any atom is 0.317 e. The number of fused-ring (bicyclic) bond motifs is 4. The predicted octanol–water partition coefficient (Wildman–Crippen LogP) is 5.06. The van der Waals surface area contributed by atoms with Crippen LogP contribution in [0, 0.1) is 11.8 Å². The Morgan fingerprint density at radius 2 is 2.00 bits per heavy atom. The molecule has 3 heterocycles. The Hall–Kier alpha value is -2.53. The number of amides is 2. The molecule has 0 bridgehead atoms. The van der Waals surface area contributed by atoms with Crippen LogP contribution in [0.5, 0.6) is 5.75 Å². The number of benzene rings is 2. The van der Waals surface area contributed by atoms with Crippen LogP contribution in [0.1, 0.15) is 55.8 Å². The summed E-state index contributed by atoms with van der Waals surface area (Å²) in [5, 5.41) is 3.21. The predicted molar refractivity (Wildman–Crippen MR) is 136 cm³/mol. The van der Waals surface area contributed by atoms with Crippen molar-refractivity contribution in [1.29, 1.82) is 0 Å². The molecule has 3 atom stereocenters. The Kier molecular flexibility index (Phi) is 7.10. The second-order valence-electron chi connectivity index (χ2n) is 10.7. The fraction of sp³-hybridized carbons (Fsp3) is 0.552. The zero-order chi connectivity index (χ0) is 23.5. The average molecular weight is 462 g/mol. The van der Waals surface area contributed by atoms with Crippen molar-refractivity contribution in [2.75, 3.05) is 32.8 Å². The van der Waals surface area contributed by atoms with Crippen molar-refractivity contribution < 1.29 is 9.53 Å². The molecule has 0 aromatic heterocycles. The number of hydrogen-bond donors (Lipinski definition) is 1. The van der Waals surface area contributed by atoms with E-state index in [0.717, 1.165) is 57.7 Å². The minimum Gasteiger partial charge on any atom is -0.493 e. The minimum absolute atomic E-state index is 0.118. The van der Waals surface area contributed by atoms with Crippen LogP contribution in [0.3, 0.4) is 0 Å². The van der Waals surface area contributed by atoms with Gasteiger partial charge in [0.2, 0.25) is 0 Å². The van der Waals surface area contributed by atoms with Gasteiger partial charge in [-0.2, -0.15) is 0 Å². The molecule has 1 N–H and O–H groups in total. The topological polar surface area (TPSA) is 44.8 Å². The van der Waals surface area contributed by atoms with Crippen molar-refractivity contribution in [3.63, 3.8) is 0 Å². The summed E-state index contributed by atoms with van der Waals surface area (Å²) >= 11 is 0. The number of urea groups is 1. The first-order valence-electron chi connectivity index (χ1n) is 13.2. The first-order chi connectivity index (χ1) is 16.6. The lowest BCUT2D eigenvalue weighted by molar-refractivity contribution is 0.00575. The van der Waals surface area contributed by atoms with Crippen LogP contribution in [0.15, 0.2) is 48.5 Å². The normalized spacial score (nSPS) is 24.2. The van der Waals surface area contributed by atoms with Gasteiger partial charge in [-0.15, -0.1) is 0 Å². The van der Waals surface area contributed by atoms with Gasteiger partial charge in [0.25, 0.3) is 0 Å². The molecule has 2 aromatic carbocycles. The summed E-state index contributed by atoms with van der Waals surface area (Å²) < 4.78 is 6.00. The zero-order valence-corrected chi connectivity index (χ0v) is 20.7. The summed E-state index contributed by atoms with van der Waals surface area (Å²) in [5.74, 6) is 2.10. The molecule has 2 saturated heterocycles. The SMILES string of the molecule is CC(C)COc1ccc2c(c1)CCN1C[C@H]3CCCN(C(=O)NCCc4ccccc4)[C@H]3C[C@@H]21. The van der Waals surface area contributed by atoms with Crippen LogP contribution in [-0.4, -0.2) is 54.7 Å². The van der Waals surface area contributed by atoms with Crippen LogP contribution in [0.25, 0.3) is 0 Å². The van der Waals surface area contributed by atoms with Gasteiger partial charge >= 0.3 is 6.03 Å². The molecule has 0 saturated carbocycles. The van der Waals surface area contributed by atoms with Gasteiger partial charge in [0.1, 0.15) is 5.75 Å². The number of nitrogens with one attached hydrogen (secondary N) is 1. The molecule has 0 aliphatic carbocycles. The van der Waals surface area contributed by atoms with Crippen molar-refractivity contribution in [3.8, 4) is 5.75 Å². The van der Waals surface area contributed by atoms with E-state index in [-0.39, 0.29) is 6.03 Å². The fourth-order valence-electron chi connectivity index (χ4n) is 6.10. The summed E-state index contributed by atoms with van der Waals surface area (Å²) in [4.78, 5) is 18.0. The summed E-state index contributed by atoms with van der Waals surface area (Å²) in [5.41, 5.74) is 4.13. The van der Waals surface area contributed by atoms with E-state index in [0.29, 0.717) is 30.5 Å². The number of hydrogen-bond acceptors (Lipinski definition) is 3. The lowest BCUT2D eigenvalue weighted by Gasteiger charge is -2.52. The van der Waals surface area contributed by atoms with Crippen molar-refractivity contribution >= 4 is 6.03 Å². The molecule has 3 aliphatic heterocycles. The molecular weight excluding hydrogens is 422 g/mol. The van der Waals surface area contributed by atoms with Crippen molar-refractivity contribution in [2.45, 2.75) is 58.0 Å². The quantitative estimate of drug-likeness (QED) is 0.654. The smallest absolute Gasteiger partial charge is 0.317 e. The summed E-state index contributed by atoms with van der Waals surface area (Å²) in [6.45, 7) is 8.90. The van der Waals surface area contributed by atoms with Crippen LogP contribution in [-0.2, 0) is 12.8 Å². The van der Waals surface area contributed by atoms with E-state index in [1.54, 1.807) is 0 Å². The van der Waals surface area contributed by atoms with E-state index < -0.39 is 0 Å². The highest BCUT2D eigenvalue weighted by Crippen LogP contribution is 2.43. The molecule has 3 aliphatic rings. The van der Waals surface area contributed by atoms with Gasteiger partial charge in [-0.1, -0.05) is 50.2 Å². The minimum atomic E-state index is 0.118. The molecule has 0 unspecified atom stereocenters. The van der Waals surface area contributed by atoms with E-state index in [9.17, 15) is 4.79 Å². The van der Waals surface area contributed by atoms with Gasteiger partial charge in [-0.05, 0) is 72.8 Å². The average Bonchev–Trinajstić information content (AvgIpc) is 2.86. The Labute approximate surface area is 204 Å². The second kappa shape index (κ2) is 10.4. The number of rotatable bonds is 6. The number of piperidine rings is 2. The van der Waals surface area contributed by atoms with E-state index in [1.807, 2.05) is 6.07 Å². The monoisotopic (exact) mass is 461 g/mol. The van der Waals surface area contributed by atoms with Gasteiger partial charge in [0, 0.05) is 38.3 Å². The number of carbonyl (C=O) groups excluding carboxylic acids is 1. The number of carbonyl (C=O) groups is 1. The molecule has 5 nitrogen and oxygen atoms in total. The number of ether oxygens (including phenoxy) is 1. The molecule has 34 heavy (non-hydrogen) atoms. The zero-order valence-electron chi connectivity index (χ0n) is 20.7. The highest BCUT2D eigenvalue weighted by Gasteiger charge is 2.43. The van der Waals surface area contributed by atoms with E-state index in [1.165, 1.54) is 23.1 Å². The Bertz CT molecular complexity index is 977. The third-order valence-corrected chi connectivity index (χ3v) is 7.81. The lowest BCUT2D eigenvalue weighted by Crippen LogP contribution is -2.59. The first-order valence-corrected chi connectivity index (χ1v) is 13.2. The second-order valence-corrected chi connectivity index (χ2v) is 10.7. The van der Waals surface area contributed by atoms with Crippen LogP contribution >= 0.6 is 0 Å². The maximum atomic E-state index is 13.2. The molecule has 5 heteroatoms. The number of likely N-dealkylation sites (tertiary alicyclic amines) is 1. The Balaban J connectivity index is 1.25. The molecule has 182 valence electrons. The molecule has 2 amide bonds. The van der Waals surface area contributed by atoms with E-state index in [2.05, 4.69) is 71.4 Å². The van der Waals surface area contributed by atoms with Crippen LogP contribution in [0.4, 0.5) is 4.79 Å². The fourth-order valence-corrected chi connectivity index (χ4v) is 6.10. The summed E-state index contributed by atoms with van der Waals surface area (Å²) in [7, 11) is 0. The Morgan fingerprint density at radius 3 is 2.82 bits per heavy atom. The van der Waals surface area contributed by atoms with E-state index in [4.69, 9.17) is 4.74 Å². The molecule has 5 rings (SSSR count). The van der Waals surface area contributed by atoms with E-state index >= 15 is 0 Å². The van der Waals surface area contributed by atoms with Gasteiger partial charge in [-0.25, -0.2) is 4.79 Å². The molecule has 0 radical (unpaired) electrons. The third kappa shape index (κ3) is 5.10. The highest BCUT2D eigenvalue weighted by molar-refractivity contribution is 5.74. The van der Waals surface area contributed by atoms with Gasteiger partial charge in [0.05, 0.1) is 6.61 Å². The Morgan fingerprint density at radius 1 is 1.15 bits per heavy atom. The summed E-state index contributed by atoms with van der Waals surface area (Å²) in [6.07, 6.45) is 5.34. The highest BCUT2D eigenvalue weighted by atomic mass is 16.5. The van der Waals surface area contributed by atoms with Crippen molar-refractivity contribution in [2.24, 2.45) is 11.8 Å². The molecule has 2 aromatic rings. The molecular formula is C29H39N3O2. The van der Waals surface area contributed by atoms with Gasteiger partial charge < -0.3 is 15.0 Å². The third-order valence-electron chi connectivity index (χ3n) is 7.81. The van der Waals surface area contributed by atoms with Crippen LogP contribution in [0.2, 0.25) is 0 Å². The van der Waals surface area contributed by atoms with Crippen molar-refractivity contribution in [1.82, 2.24) is 15.1 Å². The largest absolute Gasteiger partial charge is 0.493 e. The maximum absolute atomic E-state index is 13.2. The molecule has 2 fully saturated rings. The van der Waals surface area contributed by atoms with Gasteiger partial charge in [-0.3, -0.25) is 4.90 Å². The van der Waals surface area contributed by atoms with Crippen LogP contribution < -0.4 is 10.1 Å².